The molecule has 5 rings (SSSR count). The van der Waals surface area contributed by atoms with Crippen LogP contribution in [0.3, 0.4) is 0 Å². The van der Waals surface area contributed by atoms with E-state index in [4.69, 9.17) is 9.47 Å². The molecule has 2 aliphatic rings. The molecule has 3 aromatic rings. The maximum absolute atomic E-state index is 12.7. The second-order valence-corrected chi connectivity index (χ2v) is 7.48. The van der Waals surface area contributed by atoms with Crippen LogP contribution in [0, 0.1) is 5.92 Å². The van der Waals surface area contributed by atoms with Gasteiger partial charge in [0.05, 0.1) is 43.7 Å². The van der Waals surface area contributed by atoms with Gasteiger partial charge >= 0.3 is 0 Å². The van der Waals surface area contributed by atoms with Gasteiger partial charge in [0.15, 0.2) is 0 Å². The molecule has 1 amide bonds. The van der Waals surface area contributed by atoms with Gasteiger partial charge in [-0.05, 0) is 30.3 Å². The number of aromatic nitrogens is 4. The summed E-state index contributed by atoms with van der Waals surface area (Å²) in [5.41, 5.74) is 3.37. The molecule has 0 N–H and O–H groups in total. The molecule has 2 atom stereocenters. The lowest BCUT2D eigenvalue weighted by molar-refractivity contribution is -0.133. The Bertz CT molecular complexity index is 1050. The van der Waals surface area contributed by atoms with Gasteiger partial charge in [0, 0.05) is 25.7 Å². The summed E-state index contributed by atoms with van der Waals surface area (Å²) in [6.45, 7) is 2.23. The predicted octanol–water partition coefficient (Wildman–Crippen LogP) is 1.09. The molecule has 4 heterocycles. The van der Waals surface area contributed by atoms with Crippen molar-refractivity contribution in [2.45, 2.75) is 6.04 Å². The SMILES string of the molecule is COc1ccc(-c2cc(N3C[C@@H]4COC[C@H](C3)N(C)C4=O)c3nncn3n2)cc1. The van der Waals surface area contributed by atoms with Crippen molar-refractivity contribution in [3.05, 3.63) is 36.7 Å². The summed E-state index contributed by atoms with van der Waals surface area (Å²) >= 11 is 0. The van der Waals surface area contributed by atoms with Crippen molar-refractivity contribution in [2.75, 3.05) is 45.4 Å². The molecule has 2 saturated heterocycles. The van der Waals surface area contributed by atoms with E-state index in [-0.39, 0.29) is 17.9 Å². The van der Waals surface area contributed by atoms with Crippen LogP contribution in [-0.4, -0.2) is 77.1 Å². The Morgan fingerprint density at radius 3 is 2.79 bits per heavy atom. The van der Waals surface area contributed by atoms with E-state index in [1.807, 2.05) is 42.3 Å². The minimum atomic E-state index is -0.201. The van der Waals surface area contributed by atoms with E-state index in [1.165, 1.54) is 0 Å². The smallest absolute Gasteiger partial charge is 0.229 e. The zero-order valence-corrected chi connectivity index (χ0v) is 16.4. The Morgan fingerprint density at radius 2 is 2.00 bits per heavy atom. The van der Waals surface area contributed by atoms with E-state index in [1.54, 1.807) is 18.0 Å². The number of likely N-dealkylation sites (N-methyl/N-ethyl adjacent to an activating group) is 1. The third-order valence-electron chi connectivity index (χ3n) is 5.72. The van der Waals surface area contributed by atoms with Gasteiger partial charge in [0.1, 0.15) is 12.1 Å². The lowest BCUT2D eigenvalue weighted by atomic mass is 10.1. The van der Waals surface area contributed by atoms with E-state index < -0.39 is 0 Å². The largest absolute Gasteiger partial charge is 0.497 e. The number of ether oxygens (including phenoxy) is 2. The van der Waals surface area contributed by atoms with Crippen molar-refractivity contribution in [1.29, 1.82) is 0 Å². The Labute approximate surface area is 167 Å². The topological polar surface area (TPSA) is 85.1 Å². The second kappa shape index (κ2) is 7.00. The molecule has 150 valence electrons. The Hall–Kier alpha value is -3.20. The van der Waals surface area contributed by atoms with Gasteiger partial charge in [-0.15, -0.1) is 10.2 Å². The molecule has 1 aromatic carbocycles. The fraction of sp³-hybridized carbons (Fsp3) is 0.400. The van der Waals surface area contributed by atoms with Crippen LogP contribution in [0.15, 0.2) is 36.7 Å². The third-order valence-corrected chi connectivity index (χ3v) is 5.72. The molecule has 29 heavy (non-hydrogen) atoms. The zero-order valence-electron chi connectivity index (χ0n) is 16.4. The predicted molar refractivity (Wildman–Crippen MR) is 106 cm³/mol. The number of benzene rings is 1. The molecule has 0 saturated carbocycles. The summed E-state index contributed by atoms with van der Waals surface area (Å²) in [4.78, 5) is 16.8. The maximum Gasteiger partial charge on any atom is 0.229 e. The molecule has 2 bridgehead atoms. The van der Waals surface area contributed by atoms with Crippen molar-refractivity contribution < 1.29 is 14.3 Å². The fourth-order valence-electron chi connectivity index (χ4n) is 4.04. The highest BCUT2D eigenvalue weighted by Crippen LogP contribution is 2.30. The lowest BCUT2D eigenvalue weighted by Crippen LogP contribution is -2.43. The zero-order chi connectivity index (χ0) is 20.0. The number of methoxy groups -OCH3 is 1. The monoisotopic (exact) mass is 394 g/mol. The number of fused-ring (bicyclic) bond motifs is 4. The van der Waals surface area contributed by atoms with Crippen LogP contribution in [0.2, 0.25) is 0 Å². The van der Waals surface area contributed by atoms with Crippen LogP contribution < -0.4 is 9.64 Å². The molecule has 9 nitrogen and oxygen atoms in total. The first-order chi connectivity index (χ1) is 14.1. The average molecular weight is 394 g/mol. The van der Waals surface area contributed by atoms with Gasteiger partial charge in [-0.25, -0.2) is 0 Å². The van der Waals surface area contributed by atoms with Gasteiger partial charge < -0.3 is 19.3 Å². The van der Waals surface area contributed by atoms with E-state index in [9.17, 15) is 4.79 Å². The number of carbonyl (C=O) groups excluding carboxylic acids is 1. The molecule has 2 fully saturated rings. The third kappa shape index (κ3) is 3.07. The first kappa shape index (κ1) is 17.9. The Balaban J connectivity index is 1.59. The molecule has 9 heteroatoms. The quantitative estimate of drug-likeness (QED) is 0.657. The standard InChI is InChI=1S/C20H22N6O3/c1-24-15-9-25(8-14(20(24)27)10-29-11-15)18-7-17(23-26-12-21-22-19(18)26)13-3-5-16(28-2)6-4-13/h3-7,12,14-15H,8-11H2,1-2H3/t14-,15+/m1/s1. The minimum absolute atomic E-state index is 0.00410. The van der Waals surface area contributed by atoms with Gasteiger partial charge in [-0.3, -0.25) is 4.79 Å². The molecule has 2 aliphatic heterocycles. The van der Waals surface area contributed by atoms with Gasteiger partial charge in [-0.2, -0.15) is 9.61 Å². The van der Waals surface area contributed by atoms with E-state index in [0.29, 0.717) is 32.0 Å². The molecule has 0 aliphatic carbocycles. The summed E-state index contributed by atoms with van der Waals surface area (Å²) in [5, 5.41) is 13.0. The number of nitrogens with zero attached hydrogens (tertiary/aromatic N) is 6. The summed E-state index contributed by atoms with van der Waals surface area (Å²) in [5.74, 6) is 0.728. The molecule has 0 radical (unpaired) electrons. The summed E-state index contributed by atoms with van der Waals surface area (Å²) in [6, 6.07) is 9.80. The number of rotatable bonds is 3. The first-order valence-electron chi connectivity index (χ1n) is 9.59. The number of amides is 1. The average Bonchev–Trinajstić information content (AvgIpc) is 3.12. The second-order valence-electron chi connectivity index (χ2n) is 7.48. The molecular weight excluding hydrogens is 372 g/mol. The maximum atomic E-state index is 12.7. The first-order valence-corrected chi connectivity index (χ1v) is 9.59. The number of anilines is 1. The van der Waals surface area contributed by atoms with Crippen molar-refractivity contribution >= 4 is 17.2 Å². The van der Waals surface area contributed by atoms with Gasteiger partial charge in [0.2, 0.25) is 11.6 Å². The highest BCUT2D eigenvalue weighted by molar-refractivity contribution is 5.82. The van der Waals surface area contributed by atoms with Crippen LogP contribution in [-0.2, 0) is 9.53 Å². The minimum Gasteiger partial charge on any atom is -0.497 e. The number of carbonyl (C=O) groups is 1. The molecule has 0 spiro atoms. The van der Waals surface area contributed by atoms with Crippen molar-refractivity contribution in [1.82, 2.24) is 24.7 Å². The number of hydrogen-bond acceptors (Lipinski definition) is 7. The molecule has 0 unspecified atom stereocenters. The van der Waals surface area contributed by atoms with Gasteiger partial charge in [0.25, 0.3) is 0 Å². The van der Waals surface area contributed by atoms with Crippen LogP contribution in [0.1, 0.15) is 0 Å². The molecule has 2 aromatic heterocycles. The van der Waals surface area contributed by atoms with Crippen molar-refractivity contribution in [2.24, 2.45) is 5.92 Å². The fourth-order valence-corrected chi connectivity index (χ4v) is 4.04. The lowest BCUT2D eigenvalue weighted by Gasteiger charge is -2.31. The Morgan fingerprint density at radius 1 is 1.17 bits per heavy atom. The van der Waals surface area contributed by atoms with Crippen molar-refractivity contribution in [3.8, 4) is 17.0 Å². The highest BCUT2D eigenvalue weighted by atomic mass is 16.5. The van der Waals surface area contributed by atoms with E-state index in [0.717, 1.165) is 22.7 Å². The Kier molecular flexibility index (Phi) is 4.31. The molecular formula is C20H22N6O3. The van der Waals surface area contributed by atoms with Crippen molar-refractivity contribution in [3.63, 3.8) is 0 Å². The van der Waals surface area contributed by atoms with Crippen LogP contribution in [0.5, 0.6) is 5.75 Å². The highest BCUT2D eigenvalue weighted by Gasteiger charge is 2.38. The summed E-state index contributed by atoms with van der Waals surface area (Å²) in [6.07, 6.45) is 1.60. The van der Waals surface area contributed by atoms with E-state index in [2.05, 4.69) is 20.2 Å². The van der Waals surface area contributed by atoms with Crippen LogP contribution >= 0.6 is 0 Å². The van der Waals surface area contributed by atoms with Gasteiger partial charge in [-0.1, -0.05) is 0 Å². The van der Waals surface area contributed by atoms with E-state index >= 15 is 0 Å². The van der Waals surface area contributed by atoms with Crippen LogP contribution in [0.4, 0.5) is 5.69 Å². The van der Waals surface area contributed by atoms with Crippen LogP contribution in [0.25, 0.3) is 16.9 Å². The normalized spacial score (nSPS) is 22.1. The summed E-state index contributed by atoms with van der Waals surface area (Å²) < 4.78 is 12.7. The number of hydrogen-bond donors (Lipinski definition) is 0. The summed E-state index contributed by atoms with van der Waals surface area (Å²) in [7, 11) is 3.51.